The number of rotatable bonds is 7. The number of carboxylic acids is 1. The molecule has 10 heteroatoms. The minimum Gasteiger partial charge on any atom is -0.480 e. The molecule has 4 N–H and O–H groups in total. The number of aryl methyl sites for hydroxylation is 1. The molecule has 9 nitrogen and oxygen atoms in total. The second-order valence-corrected chi connectivity index (χ2v) is 5.61. The minimum atomic E-state index is -4.02. The molecule has 0 aliphatic carbocycles. The monoisotopic (exact) mass is 292 g/mol. The van der Waals surface area contributed by atoms with Crippen LogP contribution in [0.4, 0.5) is 11.5 Å². The number of hydrogen-bond acceptors (Lipinski definition) is 6. The topological polar surface area (TPSA) is 139 Å². The molecular weight excluding hydrogens is 276 g/mol. The number of aliphatic carboxylic acids is 1. The van der Waals surface area contributed by atoms with Crippen molar-refractivity contribution in [3.8, 4) is 0 Å². The lowest BCUT2D eigenvalue weighted by Gasteiger charge is -2.19. The van der Waals surface area contributed by atoms with Gasteiger partial charge in [0, 0.05) is 13.6 Å². The lowest BCUT2D eigenvalue weighted by Crippen LogP contribution is -2.28. The Kier molecular flexibility index (Phi) is 4.72. The van der Waals surface area contributed by atoms with Gasteiger partial charge >= 0.3 is 5.97 Å². The van der Waals surface area contributed by atoms with E-state index >= 15 is 0 Å². The SMILES string of the molecule is CN(CC(=O)O)c1c(N)cnn1CCCS(=O)(=O)O. The number of carbonyl (C=O) groups is 1. The summed E-state index contributed by atoms with van der Waals surface area (Å²) in [7, 11) is -2.48. The van der Waals surface area contributed by atoms with Gasteiger partial charge in [-0.1, -0.05) is 0 Å². The molecule has 1 aromatic heterocycles. The van der Waals surface area contributed by atoms with E-state index in [1.54, 1.807) is 7.05 Å². The van der Waals surface area contributed by atoms with Crippen LogP contribution in [0.15, 0.2) is 6.20 Å². The molecule has 0 amide bonds. The van der Waals surface area contributed by atoms with E-state index in [0.717, 1.165) is 0 Å². The molecule has 0 aliphatic rings. The van der Waals surface area contributed by atoms with Gasteiger partial charge in [0.15, 0.2) is 5.82 Å². The van der Waals surface area contributed by atoms with Crippen LogP contribution in [-0.2, 0) is 21.5 Å². The van der Waals surface area contributed by atoms with Gasteiger partial charge in [0.1, 0.15) is 6.54 Å². The molecule has 0 unspecified atom stereocenters. The zero-order valence-corrected chi connectivity index (χ0v) is 11.2. The molecule has 1 heterocycles. The number of likely N-dealkylation sites (N-methyl/N-ethyl adjacent to an activating group) is 1. The summed E-state index contributed by atoms with van der Waals surface area (Å²) in [5.74, 6) is -1.01. The molecule has 1 rings (SSSR count). The Morgan fingerprint density at radius 3 is 2.74 bits per heavy atom. The molecular formula is C9H16N4O5S. The predicted octanol–water partition coefficient (Wildman–Crippen LogP) is -0.736. The zero-order chi connectivity index (χ0) is 14.6. The molecule has 108 valence electrons. The maximum absolute atomic E-state index is 10.6. The molecule has 0 spiro atoms. The zero-order valence-electron chi connectivity index (χ0n) is 10.4. The van der Waals surface area contributed by atoms with Crippen LogP contribution in [0.3, 0.4) is 0 Å². The number of hydrogen-bond donors (Lipinski definition) is 3. The van der Waals surface area contributed by atoms with Gasteiger partial charge in [0.2, 0.25) is 0 Å². The summed E-state index contributed by atoms with van der Waals surface area (Å²) in [5.41, 5.74) is 5.99. The van der Waals surface area contributed by atoms with Crippen molar-refractivity contribution in [3.05, 3.63) is 6.20 Å². The molecule has 0 atom stereocenters. The Morgan fingerprint density at radius 2 is 2.21 bits per heavy atom. The molecule has 19 heavy (non-hydrogen) atoms. The van der Waals surface area contributed by atoms with Gasteiger partial charge in [-0.05, 0) is 6.42 Å². The van der Waals surface area contributed by atoms with E-state index in [4.69, 9.17) is 15.4 Å². The Morgan fingerprint density at radius 1 is 1.58 bits per heavy atom. The maximum Gasteiger partial charge on any atom is 0.323 e. The van der Waals surface area contributed by atoms with Crippen LogP contribution < -0.4 is 10.6 Å². The predicted molar refractivity (Wildman–Crippen MR) is 68.6 cm³/mol. The summed E-state index contributed by atoms with van der Waals surface area (Å²) in [5, 5.41) is 12.7. The fourth-order valence-corrected chi connectivity index (χ4v) is 2.14. The number of carboxylic acid groups (broad SMARTS) is 1. The van der Waals surface area contributed by atoms with Crippen molar-refractivity contribution in [2.75, 3.05) is 30.0 Å². The molecule has 0 radical (unpaired) electrons. The first-order chi connectivity index (χ1) is 8.70. The standard InChI is InChI=1S/C9H16N4O5S/c1-12(6-8(14)15)9-7(10)5-11-13(9)3-2-4-19(16,17)18/h5H,2-4,6,10H2,1H3,(H,14,15)(H,16,17,18). The molecule has 0 saturated carbocycles. The summed E-state index contributed by atoms with van der Waals surface area (Å²) < 4.78 is 31.2. The summed E-state index contributed by atoms with van der Waals surface area (Å²) in [6.45, 7) is -0.0511. The summed E-state index contributed by atoms with van der Waals surface area (Å²) in [4.78, 5) is 12.0. The van der Waals surface area contributed by atoms with Crippen LogP contribution in [-0.4, -0.2) is 53.2 Å². The van der Waals surface area contributed by atoms with E-state index < -0.39 is 21.8 Å². The Bertz CT molecular complexity index is 553. The summed E-state index contributed by atoms with van der Waals surface area (Å²) >= 11 is 0. The molecule has 1 aromatic rings. The van der Waals surface area contributed by atoms with Gasteiger partial charge < -0.3 is 15.7 Å². The number of nitrogens with zero attached hydrogens (tertiary/aromatic N) is 3. The average molecular weight is 292 g/mol. The van der Waals surface area contributed by atoms with E-state index in [0.29, 0.717) is 11.5 Å². The molecule has 0 aromatic carbocycles. The van der Waals surface area contributed by atoms with Gasteiger partial charge in [-0.25, -0.2) is 4.68 Å². The Hall–Kier alpha value is -1.81. The number of nitrogen functional groups attached to an aromatic ring is 1. The van der Waals surface area contributed by atoms with Crippen molar-refractivity contribution in [2.24, 2.45) is 0 Å². The number of aromatic nitrogens is 2. The molecule has 0 saturated heterocycles. The lowest BCUT2D eigenvalue weighted by atomic mass is 10.4. The molecule has 0 fully saturated rings. The van der Waals surface area contributed by atoms with Gasteiger partial charge in [-0.3, -0.25) is 9.35 Å². The summed E-state index contributed by atoms with van der Waals surface area (Å²) in [6.07, 6.45) is 1.51. The molecule has 0 bridgehead atoms. The van der Waals surface area contributed by atoms with Crippen molar-refractivity contribution >= 4 is 27.6 Å². The van der Waals surface area contributed by atoms with Crippen molar-refractivity contribution < 1.29 is 22.9 Å². The van der Waals surface area contributed by atoms with Crippen molar-refractivity contribution in [3.63, 3.8) is 0 Å². The highest BCUT2D eigenvalue weighted by atomic mass is 32.2. The maximum atomic E-state index is 10.6. The fraction of sp³-hybridized carbons (Fsp3) is 0.556. The van der Waals surface area contributed by atoms with Gasteiger partial charge in [-0.2, -0.15) is 13.5 Å². The first-order valence-electron chi connectivity index (χ1n) is 5.40. The van der Waals surface area contributed by atoms with E-state index in [9.17, 15) is 13.2 Å². The lowest BCUT2D eigenvalue weighted by molar-refractivity contribution is -0.135. The average Bonchev–Trinajstić information content (AvgIpc) is 2.57. The van der Waals surface area contributed by atoms with Gasteiger partial charge in [0.05, 0.1) is 17.6 Å². The van der Waals surface area contributed by atoms with Crippen LogP contribution in [0, 0.1) is 0 Å². The highest BCUT2D eigenvalue weighted by molar-refractivity contribution is 7.85. The van der Waals surface area contributed by atoms with Crippen molar-refractivity contribution in [1.82, 2.24) is 9.78 Å². The Balaban J connectivity index is 2.77. The second-order valence-electron chi connectivity index (χ2n) is 4.04. The first kappa shape index (κ1) is 15.2. The largest absolute Gasteiger partial charge is 0.480 e. The number of anilines is 2. The Labute approximate surface area is 110 Å². The normalized spacial score (nSPS) is 11.5. The highest BCUT2D eigenvalue weighted by Gasteiger charge is 2.15. The quantitative estimate of drug-likeness (QED) is 0.559. The third-order valence-electron chi connectivity index (χ3n) is 2.35. The smallest absolute Gasteiger partial charge is 0.323 e. The van der Waals surface area contributed by atoms with Crippen LogP contribution in [0.2, 0.25) is 0 Å². The first-order valence-corrected chi connectivity index (χ1v) is 7.01. The minimum absolute atomic E-state index is 0.147. The van der Waals surface area contributed by atoms with E-state index in [1.807, 2.05) is 0 Å². The van der Waals surface area contributed by atoms with Crippen LogP contribution in [0.5, 0.6) is 0 Å². The third kappa shape index (κ3) is 4.75. The van der Waals surface area contributed by atoms with Gasteiger partial charge in [0.25, 0.3) is 10.1 Å². The molecule has 0 aliphatic heterocycles. The van der Waals surface area contributed by atoms with Crippen molar-refractivity contribution in [2.45, 2.75) is 13.0 Å². The van der Waals surface area contributed by atoms with Crippen LogP contribution in [0.1, 0.15) is 6.42 Å². The third-order valence-corrected chi connectivity index (χ3v) is 3.15. The van der Waals surface area contributed by atoms with Crippen LogP contribution in [0.25, 0.3) is 0 Å². The summed E-state index contributed by atoms with van der Waals surface area (Å²) in [6, 6.07) is 0. The highest BCUT2D eigenvalue weighted by Crippen LogP contribution is 2.21. The second kappa shape index (κ2) is 5.89. The van der Waals surface area contributed by atoms with E-state index in [-0.39, 0.29) is 19.5 Å². The van der Waals surface area contributed by atoms with Crippen molar-refractivity contribution in [1.29, 1.82) is 0 Å². The van der Waals surface area contributed by atoms with E-state index in [1.165, 1.54) is 15.8 Å². The van der Waals surface area contributed by atoms with E-state index in [2.05, 4.69) is 5.10 Å². The number of nitrogens with two attached hydrogens (primary N) is 1. The van der Waals surface area contributed by atoms with Crippen LogP contribution >= 0.6 is 0 Å². The van der Waals surface area contributed by atoms with Gasteiger partial charge in [-0.15, -0.1) is 0 Å². The fourth-order valence-electron chi connectivity index (χ4n) is 1.65.